The van der Waals surface area contributed by atoms with E-state index in [-0.39, 0.29) is 6.10 Å². The molecule has 0 aliphatic carbocycles. The van der Waals surface area contributed by atoms with Gasteiger partial charge in [-0.05, 0) is 50.6 Å². The molecule has 1 aromatic carbocycles. The molecule has 0 bridgehead atoms. The number of nitrogens with zero attached hydrogens (tertiary/aromatic N) is 1. The Bertz CT molecular complexity index is 423. The van der Waals surface area contributed by atoms with E-state index in [1.54, 1.807) is 6.92 Å². The van der Waals surface area contributed by atoms with Crippen LogP contribution in [0, 0.1) is 0 Å². The second-order valence-corrected chi connectivity index (χ2v) is 4.03. The van der Waals surface area contributed by atoms with Crippen LogP contribution in [-0.2, 0) is 9.63 Å². The highest BCUT2D eigenvalue weighted by molar-refractivity contribution is 5.98. The summed E-state index contributed by atoms with van der Waals surface area (Å²) in [6, 6.07) is 7.37. The smallest absolute Gasteiger partial charge is 0.344 e. The number of hydrogen-bond acceptors (Lipinski definition) is 4. The molecule has 0 spiro atoms. The Morgan fingerprint density at radius 1 is 1.33 bits per heavy atom. The van der Waals surface area contributed by atoms with Crippen molar-refractivity contribution in [3.05, 3.63) is 29.8 Å². The van der Waals surface area contributed by atoms with Crippen LogP contribution in [0.25, 0.3) is 0 Å². The van der Waals surface area contributed by atoms with Crippen LogP contribution >= 0.6 is 0 Å². The lowest BCUT2D eigenvalue weighted by molar-refractivity contribution is -0.142. The highest BCUT2D eigenvalue weighted by Gasteiger charge is 2.02. The van der Waals surface area contributed by atoms with Crippen LogP contribution in [0.4, 0.5) is 0 Å². The molecule has 0 amide bonds. The number of benzene rings is 1. The molecule has 0 unspecified atom stereocenters. The third kappa shape index (κ3) is 4.86. The van der Waals surface area contributed by atoms with Crippen molar-refractivity contribution in [3.8, 4) is 5.75 Å². The molecule has 18 heavy (non-hydrogen) atoms. The van der Waals surface area contributed by atoms with Gasteiger partial charge in [-0.25, -0.2) is 4.79 Å². The van der Waals surface area contributed by atoms with E-state index in [1.165, 1.54) is 0 Å². The molecule has 5 nitrogen and oxygen atoms in total. The first-order chi connectivity index (χ1) is 8.49. The van der Waals surface area contributed by atoms with Crippen molar-refractivity contribution in [1.29, 1.82) is 0 Å². The monoisotopic (exact) mass is 251 g/mol. The van der Waals surface area contributed by atoms with Crippen LogP contribution in [0.3, 0.4) is 0 Å². The number of carboxylic acid groups (broad SMARTS) is 1. The standard InChI is InChI=1S/C13H17NO4/c1-9(2)18-12-6-4-11(5-7-12)10(3)14-17-8-13(15)16/h4-7,9H,8H2,1-3H3,(H,15,16). The predicted molar refractivity (Wildman–Crippen MR) is 68.0 cm³/mol. The maximum absolute atomic E-state index is 10.3. The van der Waals surface area contributed by atoms with Crippen molar-refractivity contribution in [1.82, 2.24) is 0 Å². The molecule has 5 heteroatoms. The van der Waals surface area contributed by atoms with E-state index >= 15 is 0 Å². The number of rotatable bonds is 6. The first-order valence-electron chi connectivity index (χ1n) is 5.64. The summed E-state index contributed by atoms with van der Waals surface area (Å²) in [4.78, 5) is 14.9. The van der Waals surface area contributed by atoms with E-state index in [0.717, 1.165) is 11.3 Å². The quantitative estimate of drug-likeness (QED) is 0.622. The SMILES string of the molecule is CC(=NOCC(=O)O)c1ccc(OC(C)C)cc1. The summed E-state index contributed by atoms with van der Waals surface area (Å²) < 4.78 is 5.51. The lowest BCUT2D eigenvalue weighted by atomic mass is 10.1. The zero-order valence-corrected chi connectivity index (χ0v) is 10.7. The fourth-order valence-corrected chi connectivity index (χ4v) is 1.28. The van der Waals surface area contributed by atoms with Gasteiger partial charge in [0.1, 0.15) is 5.75 Å². The molecular formula is C13H17NO4. The van der Waals surface area contributed by atoms with Crippen LogP contribution < -0.4 is 4.74 Å². The molecule has 0 saturated heterocycles. The van der Waals surface area contributed by atoms with Gasteiger partial charge in [-0.15, -0.1) is 0 Å². The van der Waals surface area contributed by atoms with Crippen LogP contribution in [0.15, 0.2) is 29.4 Å². The van der Waals surface area contributed by atoms with Crippen molar-refractivity contribution < 1.29 is 19.5 Å². The van der Waals surface area contributed by atoms with Gasteiger partial charge in [0.05, 0.1) is 11.8 Å². The highest BCUT2D eigenvalue weighted by Crippen LogP contribution is 2.14. The second kappa shape index (κ2) is 6.64. The van der Waals surface area contributed by atoms with Gasteiger partial charge in [0.2, 0.25) is 6.61 Å². The number of hydrogen-bond donors (Lipinski definition) is 1. The average molecular weight is 251 g/mol. The molecule has 0 fully saturated rings. The summed E-state index contributed by atoms with van der Waals surface area (Å²) in [7, 11) is 0. The van der Waals surface area contributed by atoms with E-state index in [0.29, 0.717) is 5.71 Å². The van der Waals surface area contributed by atoms with Gasteiger partial charge in [0.25, 0.3) is 0 Å². The Balaban J connectivity index is 2.63. The lowest BCUT2D eigenvalue weighted by Gasteiger charge is -2.09. The molecule has 1 aromatic rings. The summed E-state index contributed by atoms with van der Waals surface area (Å²) in [5.41, 5.74) is 1.48. The van der Waals surface area contributed by atoms with Gasteiger partial charge >= 0.3 is 5.97 Å². The van der Waals surface area contributed by atoms with E-state index < -0.39 is 12.6 Å². The van der Waals surface area contributed by atoms with Crippen molar-refractivity contribution >= 4 is 11.7 Å². The van der Waals surface area contributed by atoms with Gasteiger partial charge in [-0.2, -0.15) is 0 Å². The summed E-state index contributed by atoms with van der Waals surface area (Å²) >= 11 is 0. The summed E-state index contributed by atoms with van der Waals surface area (Å²) in [6.07, 6.45) is 0.129. The third-order valence-electron chi connectivity index (χ3n) is 2.03. The van der Waals surface area contributed by atoms with Gasteiger partial charge < -0.3 is 14.7 Å². The number of ether oxygens (including phenoxy) is 1. The molecular weight excluding hydrogens is 234 g/mol. The van der Waals surface area contributed by atoms with Gasteiger partial charge in [-0.1, -0.05) is 5.16 Å². The van der Waals surface area contributed by atoms with Crippen LogP contribution in [0.5, 0.6) is 5.75 Å². The molecule has 0 heterocycles. The molecule has 1 N–H and O–H groups in total. The zero-order valence-electron chi connectivity index (χ0n) is 10.7. The molecule has 98 valence electrons. The van der Waals surface area contributed by atoms with Crippen molar-refractivity contribution in [3.63, 3.8) is 0 Å². The van der Waals surface area contributed by atoms with Crippen LogP contribution in [-0.4, -0.2) is 29.5 Å². The molecule has 0 saturated carbocycles. The number of aliphatic carboxylic acids is 1. The van der Waals surface area contributed by atoms with E-state index in [1.807, 2.05) is 38.1 Å². The van der Waals surface area contributed by atoms with Crippen molar-refractivity contribution in [2.45, 2.75) is 26.9 Å². The first kappa shape index (κ1) is 14.0. The van der Waals surface area contributed by atoms with E-state index in [4.69, 9.17) is 9.84 Å². The first-order valence-corrected chi connectivity index (χ1v) is 5.64. The van der Waals surface area contributed by atoms with Crippen LogP contribution in [0.1, 0.15) is 26.3 Å². The van der Waals surface area contributed by atoms with Crippen molar-refractivity contribution in [2.75, 3.05) is 6.61 Å². The minimum Gasteiger partial charge on any atom is -0.491 e. The van der Waals surface area contributed by atoms with E-state index in [9.17, 15) is 4.79 Å². The largest absolute Gasteiger partial charge is 0.491 e. The molecule has 0 aliphatic heterocycles. The highest BCUT2D eigenvalue weighted by atomic mass is 16.6. The minimum absolute atomic E-state index is 0.129. The van der Waals surface area contributed by atoms with Gasteiger partial charge in [0.15, 0.2) is 0 Å². The van der Waals surface area contributed by atoms with Gasteiger partial charge in [-0.3, -0.25) is 0 Å². The number of oxime groups is 1. The van der Waals surface area contributed by atoms with E-state index in [2.05, 4.69) is 9.99 Å². The maximum atomic E-state index is 10.3. The molecule has 0 atom stereocenters. The lowest BCUT2D eigenvalue weighted by Crippen LogP contribution is -2.06. The van der Waals surface area contributed by atoms with Crippen LogP contribution in [0.2, 0.25) is 0 Å². The fraction of sp³-hybridized carbons (Fsp3) is 0.385. The zero-order chi connectivity index (χ0) is 13.5. The second-order valence-electron chi connectivity index (χ2n) is 4.03. The maximum Gasteiger partial charge on any atom is 0.344 e. The Hall–Kier alpha value is -2.04. The Morgan fingerprint density at radius 3 is 2.44 bits per heavy atom. The Labute approximate surface area is 106 Å². The molecule has 1 rings (SSSR count). The fourth-order valence-electron chi connectivity index (χ4n) is 1.28. The summed E-state index contributed by atoms with van der Waals surface area (Å²) in [6.45, 7) is 5.23. The Morgan fingerprint density at radius 2 is 1.94 bits per heavy atom. The summed E-state index contributed by atoms with van der Waals surface area (Å²) in [5.74, 6) is -0.264. The third-order valence-corrected chi connectivity index (χ3v) is 2.03. The number of carbonyl (C=O) groups is 1. The predicted octanol–water partition coefficient (Wildman–Crippen LogP) is 2.30. The molecule has 0 aliphatic rings. The molecule has 0 aromatic heterocycles. The Kier molecular flexibility index (Phi) is 5.17. The average Bonchev–Trinajstić information content (AvgIpc) is 2.28. The van der Waals surface area contributed by atoms with Gasteiger partial charge in [0, 0.05) is 0 Å². The molecule has 0 radical (unpaired) electrons. The number of carboxylic acids is 1. The summed E-state index contributed by atoms with van der Waals surface area (Å²) in [5, 5.41) is 12.1. The topological polar surface area (TPSA) is 68.1 Å². The minimum atomic E-state index is -1.05. The van der Waals surface area contributed by atoms with Crippen molar-refractivity contribution in [2.24, 2.45) is 5.16 Å². The normalized spacial score (nSPS) is 11.4.